The van der Waals surface area contributed by atoms with E-state index in [2.05, 4.69) is 38.1 Å². The van der Waals surface area contributed by atoms with E-state index < -0.39 is 0 Å². The van der Waals surface area contributed by atoms with E-state index >= 15 is 0 Å². The highest BCUT2D eigenvalue weighted by Crippen LogP contribution is 2.51. The third-order valence-corrected chi connectivity index (χ3v) is 5.35. The van der Waals surface area contributed by atoms with Gasteiger partial charge in [0, 0.05) is 0 Å². The molecule has 24 heavy (non-hydrogen) atoms. The smallest absolute Gasteiger partial charge is 0.238 e. The summed E-state index contributed by atoms with van der Waals surface area (Å²) in [5, 5.41) is 0. The van der Waals surface area contributed by atoms with Crippen molar-refractivity contribution in [2.24, 2.45) is 5.41 Å². The van der Waals surface area contributed by atoms with Crippen molar-refractivity contribution < 1.29 is 4.79 Å². The summed E-state index contributed by atoms with van der Waals surface area (Å²) < 4.78 is 0. The molecule has 2 aromatic carbocycles. The van der Waals surface area contributed by atoms with E-state index in [9.17, 15) is 4.79 Å². The van der Waals surface area contributed by atoms with E-state index in [0.29, 0.717) is 0 Å². The number of piperidine rings is 1. The maximum Gasteiger partial charge on any atom is 0.238 e. The standard InChI is InChI=1S/C21H24ClNO/c1-21(2)14-13-18(16-9-5-3-6-10-16)23(19(24)15-22)20(21)17-11-7-4-8-12-17/h3-12,18,20H,13-15H2,1-2H3/t18-,20-/m0/s1. The Hall–Kier alpha value is -1.80. The number of carbonyl (C=O) groups is 1. The molecule has 0 bridgehead atoms. The van der Waals surface area contributed by atoms with E-state index in [1.165, 1.54) is 11.1 Å². The van der Waals surface area contributed by atoms with Crippen LogP contribution in [0.25, 0.3) is 0 Å². The molecule has 0 aliphatic carbocycles. The van der Waals surface area contributed by atoms with Crippen LogP contribution in [0.4, 0.5) is 0 Å². The Labute approximate surface area is 149 Å². The van der Waals surface area contributed by atoms with E-state index in [-0.39, 0.29) is 29.3 Å². The summed E-state index contributed by atoms with van der Waals surface area (Å²) in [5.41, 5.74) is 2.38. The van der Waals surface area contributed by atoms with E-state index in [1.807, 2.05) is 41.3 Å². The van der Waals surface area contributed by atoms with Gasteiger partial charge in [-0.15, -0.1) is 11.6 Å². The van der Waals surface area contributed by atoms with E-state index in [4.69, 9.17) is 11.6 Å². The van der Waals surface area contributed by atoms with Crippen LogP contribution in [0.5, 0.6) is 0 Å². The van der Waals surface area contributed by atoms with Gasteiger partial charge in [-0.25, -0.2) is 0 Å². The summed E-state index contributed by atoms with van der Waals surface area (Å²) in [5.74, 6) is 0.0232. The zero-order valence-electron chi connectivity index (χ0n) is 14.3. The fourth-order valence-corrected chi connectivity index (χ4v) is 4.12. The van der Waals surface area contributed by atoms with Crippen LogP contribution in [0.2, 0.25) is 0 Å². The SMILES string of the molecule is CC1(C)CC[C@@H](c2ccccc2)N(C(=O)CCl)[C@H]1c1ccccc1. The number of benzene rings is 2. The summed E-state index contributed by atoms with van der Waals surface area (Å²) in [4.78, 5) is 14.8. The molecular formula is C21H24ClNO. The number of hydrogen-bond acceptors (Lipinski definition) is 1. The molecule has 0 aromatic heterocycles. The molecular weight excluding hydrogens is 318 g/mol. The Morgan fingerprint density at radius 1 is 1.04 bits per heavy atom. The van der Waals surface area contributed by atoms with Crippen molar-refractivity contribution in [1.29, 1.82) is 0 Å². The van der Waals surface area contributed by atoms with Gasteiger partial charge in [-0.3, -0.25) is 4.79 Å². The highest BCUT2D eigenvalue weighted by molar-refractivity contribution is 6.27. The molecule has 1 saturated heterocycles. The predicted octanol–water partition coefficient (Wildman–Crippen LogP) is 5.36. The normalized spacial score (nSPS) is 23.0. The largest absolute Gasteiger partial charge is 0.327 e. The average Bonchev–Trinajstić information content (AvgIpc) is 2.61. The number of carbonyl (C=O) groups excluding carboxylic acids is 1. The van der Waals surface area contributed by atoms with Crippen LogP contribution in [-0.2, 0) is 4.79 Å². The predicted molar refractivity (Wildman–Crippen MR) is 98.9 cm³/mol. The van der Waals surface area contributed by atoms with Crippen LogP contribution in [-0.4, -0.2) is 16.7 Å². The van der Waals surface area contributed by atoms with Crippen LogP contribution in [0, 0.1) is 5.41 Å². The maximum atomic E-state index is 12.8. The fraction of sp³-hybridized carbons (Fsp3) is 0.381. The van der Waals surface area contributed by atoms with Crippen LogP contribution >= 0.6 is 11.6 Å². The number of halogens is 1. The lowest BCUT2D eigenvalue weighted by Gasteiger charge is -2.51. The lowest BCUT2D eigenvalue weighted by atomic mass is 9.70. The summed E-state index contributed by atoms with van der Waals surface area (Å²) in [6.07, 6.45) is 2.03. The fourth-order valence-electron chi connectivity index (χ4n) is 3.98. The summed E-state index contributed by atoms with van der Waals surface area (Å²) in [6.45, 7) is 4.50. The minimum Gasteiger partial charge on any atom is -0.327 e. The number of alkyl halides is 1. The molecule has 0 radical (unpaired) electrons. The third-order valence-electron chi connectivity index (χ3n) is 5.12. The van der Waals surface area contributed by atoms with Gasteiger partial charge in [-0.1, -0.05) is 74.5 Å². The zero-order valence-corrected chi connectivity index (χ0v) is 15.0. The van der Waals surface area contributed by atoms with Gasteiger partial charge in [0.05, 0.1) is 12.1 Å². The molecule has 2 nitrogen and oxygen atoms in total. The van der Waals surface area contributed by atoms with Crippen molar-refractivity contribution >= 4 is 17.5 Å². The highest BCUT2D eigenvalue weighted by Gasteiger charge is 2.45. The van der Waals surface area contributed by atoms with Crippen molar-refractivity contribution in [2.75, 3.05) is 5.88 Å². The monoisotopic (exact) mass is 341 g/mol. The molecule has 2 atom stereocenters. The molecule has 1 aliphatic rings. The molecule has 1 amide bonds. The Morgan fingerprint density at radius 3 is 2.12 bits per heavy atom. The first-order valence-corrected chi connectivity index (χ1v) is 9.05. The number of rotatable bonds is 3. The Bertz CT molecular complexity index is 683. The van der Waals surface area contributed by atoms with Crippen LogP contribution < -0.4 is 0 Å². The highest BCUT2D eigenvalue weighted by atomic mass is 35.5. The third kappa shape index (κ3) is 3.21. The quantitative estimate of drug-likeness (QED) is 0.688. The van der Waals surface area contributed by atoms with Crippen molar-refractivity contribution in [3.05, 3.63) is 71.8 Å². The van der Waals surface area contributed by atoms with Crippen LogP contribution in [0.3, 0.4) is 0 Å². The molecule has 0 unspecified atom stereocenters. The Morgan fingerprint density at radius 2 is 1.58 bits per heavy atom. The molecule has 126 valence electrons. The Balaban J connectivity index is 2.09. The van der Waals surface area contributed by atoms with Gasteiger partial charge in [0.15, 0.2) is 0 Å². The number of nitrogens with zero attached hydrogens (tertiary/aromatic N) is 1. The molecule has 3 rings (SSSR count). The maximum absolute atomic E-state index is 12.8. The van der Waals surface area contributed by atoms with Gasteiger partial charge in [0.1, 0.15) is 5.88 Å². The molecule has 2 aromatic rings. The van der Waals surface area contributed by atoms with Crippen molar-refractivity contribution in [3.63, 3.8) is 0 Å². The molecule has 3 heteroatoms. The number of amides is 1. The summed E-state index contributed by atoms with van der Waals surface area (Å²) in [7, 11) is 0. The second-order valence-electron chi connectivity index (χ2n) is 7.20. The van der Waals surface area contributed by atoms with Gasteiger partial charge in [0.25, 0.3) is 0 Å². The van der Waals surface area contributed by atoms with Gasteiger partial charge >= 0.3 is 0 Å². The lowest BCUT2D eigenvalue weighted by Crippen LogP contribution is -2.48. The first-order valence-electron chi connectivity index (χ1n) is 8.51. The first-order chi connectivity index (χ1) is 11.5. The minimum absolute atomic E-state index is 0.00662. The summed E-state index contributed by atoms with van der Waals surface area (Å²) in [6, 6.07) is 20.8. The zero-order chi connectivity index (χ0) is 17.2. The average molecular weight is 342 g/mol. The van der Waals surface area contributed by atoms with Gasteiger partial charge in [-0.05, 0) is 29.4 Å². The van der Waals surface area contributed by atoms with Crippen molar-refractivity contribution in [3.8, 4) is 0 Å². The van der Waals surface area contributed by atoms with Gasteiger partial charge < -0.3 is 4.90 Å². The molecule has 0 spiro atoms. The number of hydrogen-bond donors (Lipinski definition) is 0. The Kier molecular flexibility index (Phi) is 4.96. The topological polar surface area (TPSA) is 20.3 Å². The van der Waals surface area contributed by atoms with E-state index in [0.717, 1.165) is 12.8 Å². The van der Waals surface area contributed by atoms with Gasteiger partial charge in [-0.2, -0.15) is 0 Å². The molecule has 1 heterocycles. The molecule has 0 N–H and O–H groups in total. The minimum atomic E-state index is 0.00662. The van der Waals surface area contributed by atoms with Crippen molar-refractivity contribution in [2.45, 2.75) is 38.8 Å². The molecule has 1 fully saturated rings. The second kappa shape index (κ2) is 6.98. The first kappa shape index (κ1) is 17.0. The molecule has 0 saturated carbocycles. The number of likely N-dealkylation sites (tertiary alicyclic amines) is 1. The van der Waals surface area contributed by atoms with E-state index in [1.54, 1.807) is 0 Å². The van der Waals surface area contributed by atoms with Crippen molar-refractivity contribution in [1.82, 2.24) is 4.90 Å². The summed E-state index contributed by atoms with van der Waals surface area (Å²) >= 11 is 5.99. The van der Waals surface area contributed by atoms with Crippen LogP contribution in [0.1, 0.15) is 49.9 Å². The lowest BCUT2D eigenvalue weighted by molar-refractivity contribution is -0.141. The van der Waals surface area contributed by atoms with Gasteiger partial charge in [0.2, 0.25) is 5.91 Å². The molecule has 1 aliphatic heterocycles. The second-order valence-corrected chi connectivity index (χ2v) is 7.47. The van der Waals surface area contributed by atoms with Crippen LogP contribution in [0.15, 0.2) is 60.7 Å².